The van der Waals surface area contributed by atoms with Gasteiger partial charge in [-0.15, -0.1) is 0 Å². The molecule has 2 saturated carbocycles. The molecular formula is C16H31N3O. The van der Waals surface area contributed by atoms with Gasteiger partial charge in [0.05, 0.1) is 5.92 Å². The van der Waals surface area contributed by atoms with Crippen molar-refractivity contribution in [2.45, 2.75) is 52.1 Å². The van der Waals surface area contributed by atoms with E-state index in [4.69, 9.17) is 5.73 Å². The number of nitrogens with two attached hydrogens (primary N) is 1. The van der Waals surface area contributed by atoms with Gasteiger partial charge in [0.25, 0.3) is 0 Å². The first-order valence-corrected chi connectivity index (χ1v) is 7.93. The van der Waals surface area contributed by atoms with Crippen LogP contribution in [0.25, 0.3) is 0 Å². The molecule has 0 aromatic rings. The van der Waals surface area contributed by atoms with Crippen LogP contribution in [0.2, 0.25) is 0 Å². The summed E-state index contributed by atoms with van der Waals surface area (Å²) < 4.78 is 0. The van der Waals surface area contributed by atoms with E-state index in [0.717, 1.165) is 13.0 Å². The lowest BCUT2D eigenvalue weighted by Crippen LogP contribution is -2.52. The molecule has 2 rings (SSSR count). The number of carbonyl (C=O) groups is 1. The Hall–Kier alpha value is -0.610. The van der Waals surface area contributed by atoms with E-state index in [-0.39, 0.29) is 29.3 Å². The van der Waals surface area contributed by atoms with Gasteiger partial charge in [-0.25, -0.2) is 0 Å². The number of hydrogen-bond donors (Lipinski definition) is 2. The third-order valence-corrected chi connectivity index (χ3v) is 5.54. The zero-order valence-corrected chi connectivity index (χ0v) is 13.6. The largest absolute Gasteiger partial charge is 0.353 e. The highest BCUT2D eigenvalue weighted by Gasteiger charge is 2.49. The van der Waals surface area contributed by atoms with E-state index in [1.54, 1.807) is 0 Å². The van der Waals surface area contributed by atoms with Crippen molar-refractivity contribution in [3.8, 4) is 0 Å². The molecule has 5 atom stereocenters. The Balaban J connectivity index is 1.94. The first-order valence-electron chi connectivity index (χ1n) is 7.93. The van der Waals surface area contributed by atoms with Crippen LogP contribution in [0.4, 0.5) is 0 Å². The Morgan fingerprint density at radius 3 is 2.45 bits per heavy atom. The number of carbonyl (C=O) groups excluding carboxylic acids is 1. The lowest BCUT2D eigenvalue weighted by Gasteiger charge is -2.36. The van der Waals surface area contributed by atoms with E-state index in [2.05, 4.69) is 45.1 Å². The Bertz CT molecular complexity index is 365. The Kier molecular flexibility index (Phi) is 4.45. The predicted octanol–water partition coefficient (Wildman–Crippen LogP) is 1.45. The van der Waals surface area contributed by atoms with Crippen LogP contribution in [0.15, 0.2) is 0 Å². The molecule has 2 bridgehead atoms. The van der Waals surface area contributed by atoms with E-state index in [1.165, 1.54) is 12.8 Å². The van der Waals surface area contributed by atoms with Gasteiger partial charge >= 0.3 is 0 Å². The minimum atomic E-state index is 0.0476. The number of rotatable bonds is 5. The van der Waals surface area contributed by atoms with Gasteiger partial charge in [-0.05, 0) is 57.5 Å². The van der Waals surface area contributed by atoms with E-state index in [9.17, 15) is 4.79 Å². The number of hydrogen-bond acceptors (Lipinski definition) is 3. The highest BCUT2D eigenvalue weighted by Crippen LogP contribution is 2.47. The highest BCUT2D eigenvalue weighted by molar-refractivity contribution is 5.80. The molecule has 116 valence electrons. The molecule has 2 fully saturated rings. The second-order valence-corrected chi connectivity index (χ2v) is 7.89. The Morgan fingerprint density at radius 2 is 1.95 bits per heavy atom. The molecule has 4 heteroatoms. The van der Waals surface area contributed by atoms with Crippen molar-refractivity contribution in [3.63, 3.8) is 0 Å². The summed E-state index contributed by atoms with van der Waals surface area (Å²) in [6, 6.07) is 0.238. The van der Waals surface area contributed by atoms with Gasteiger partial charge in [0, 0.05) is 18.6 Å². The Morgan fingerprint density at radius 1 is 1.35 bits per heavy atom. The van der Waals surface area contributed by atoms with Crippen LogP contribution in [0.3, 0.4) is 0 Å². The topological polar surface area (TPSA) is 58.4 Å². The monoisotopic (exact) mass is 281 g/mol. The third kappa shape index (κ3) is 3.01. The van der Waals surface area contributed by atoms with Gasteiger partial charge < -0.3 is 16.0 Å². The molecule has 0 spiro atoms. The van der Waals surface area contributed by atoms with Crippen molar-refractivity contribution in [1.29, 1.82) is 0 Å². The maximum atomic E-state index is 12.6. The second kappa shape index (κ2) is 5.64. The summed E-state index contributed by atoms with van der Waals surface area (Å²) in [7, 11) is 4.14. The van der Waals surface area contributed by atoms with E-state index in [1.807, 2.05) is 0 Å². The molecule has 1 amide bonds. The van der Waals surface area contributed by atoms with Gasteiger partial charge in [-0.3, -0.25) is 4.79 Å². The third-order valence-electron chi connectivity index (χ3n) is 5.54. The van der Waals surface area contributed by atoms with Gasteiger partial charge in [0.1, 0.15) is 0 Å². The van der Waals surface area contributed by atoms with Crippen LogP contribution in [0.1, 0.15) is 40.0 Å². The summed E-state index contributed by atoms with van der Waals surface area (Å²) in [5.74, 6) is 1.34. The Labute approximate surface area is 123 Å². The average Bonchev–Trinajstić information content (AvgIpc) is 2.87. The molecule has 0 saturated heterocycles. The van der Waals surface area contributed by atoms with Crippen molar-refractivity contribution >= 4 is 5.91 Å². The zero-order valence-electron chi connectivity index (χ0n) is 13.6. The normalized spacial score (nSPS) is 34.5. The zero-order chi connectivity index (χ0) is 15.1. The summed E-state index contributed by atoms with van der Waals surface area (Å²) in [4.78, 5) is 14.8. The van der Waals surface area contributed by atoms with Crippen molar-refractivity contribution < 1.29 is 4.79 Å². The average molecular weight is 281 g/mol. The van der Waals surface area contributed by atoms with Gasteiger partial charge in [0.15, 0.2) is 0 Å². The molecule has 0 aromatic heterocycles. The molecule has 5 unspecified atom stereocenters. The van der Waals surface area contributed by atoms with Crippen LogP contribution >= 0.6 is 0 Å². The summed E-state index contributed by atoms with van der Waals surface area (Å²) in [6.07, 6.45) is 3.57. The summed E-state index contributed by atoms with van der Waals surface area (Å²) in [5, 5.41) is 3.24. The molecule has 2 aliphatic rings. The molecule has 2 aliphatic carbocycles. The van der Waals surface area contributed by atoms with Gasteiger partial charge in [-0.1, -0.05) is 13.8 Å². The molecule has 0 aromatic carbocycles. The predicted molar refractivity (Wildman–Crippen MR) is 82.2 cm³/mol. The summed E-state index contributed by atoms with van der Waals surface area (Å²) in [6.45, 7) is 7.48. The van der Waals surface area contributed by atoms with Crippen LogP contribution in [0.5, 0.6) is 0 Å². The number of nitrogens with zero attached hydrogens (tertiary/aromatic N) is 1. The fraction of sp³-hybridized carbons (Fsp3) is 0.938. The fourth-order valence-electron chi connectivity index (χ4n) is 4.18. The molecule has 3 N–H and O–H groups in total. The lowest BCUT2D eigenvalue weighted by atomic mass is 9.82. The minimum Gasteiger partial charge on any atom is -0.353 e. The number of fused-ring (bicyclic) bond motifs is 2. The first kappa shape index (κ1) is 15.8. The van der Waals surface area contributed by atoms with Gasteiger partial charge in [0.2, 0.25) is 5.91 Å². The smallest absolute Gasteiger partial charge is 0.225 e. The van der Waals surface area contributed by atoms with Crippen molar-refractivity contribution in [2.24, 2.45) is 28.9 Å². The molecule has 0 heterocycles. The lowest BCUT2D eigenvalue weighted by molar-refractivity contribution is -0.128. The number of amides is 1. The van der Waals surface area contributed by atoms with Crippen molar-refractivity contribution in [3.05, 3.63) is 0 Å². The fourth-order valence-corrected chi connectivity index (χ4v) is 4.18. The van der Waals surface area contributed by atoms with Gasteiger partial charge in [-0.2, -0.15) is 0 Å². The maximum Gasteiger partial charge on any atom is 0.225 e. The summed E-state index contributed by atoms with van der Waals surface area (Å²) >= 11 is 0. The standard InChI is InChI=1S/C16H31N3O/c1-10(16(2,3)9-19(4)5)18-15(20)13-11-6-7-12(8-11)14(13)17/h10-14H,6-9,17H2,1-5H3,(H,18,20). The highest BCUT2D eigenvalue weighted by atomic mass is 16.2. The van der Waals surface area contributed by atoms with E-state index < -0.39 is 0 Å². The quantitative estimate of drug-likeness (QED) is 0.802. The minimum absolute atomic E-state index is 0.0476. The van der Waals surface area contributed by atoms with Crippen LogP contribution in [-0.4, -0.2) is 43.5 Å². The van der Waals surface area contributed by atoms with Crippen LogP contribution in [0, 0.1) is 23.2 Å². The molecule has 20 heavy (non-hydrogen) atoms. The molecule has 0 aliphatic heterocycles. The van der Waals surface area contributed by atoms with E-state index >= 15 is 0 Å². The SMILES string of the molecule is CC(NC(=O)C1C2CCC(C2)C1N)C(C)(C)CN(C)C. The second-order valence-electron chi connectivity index (χ2n) is 7.89. The molecular weight excluding hydrogens is 250 g/mol. The molecule has 4 nitrogen and oxygen atoms in total. The first-order chi connectivity index (χ1) is 9.22. The number of nitrogens with one attached hydrogen (secondary N) is 1. The summed E-state index contributed by atoms with van der Waals surface area (Å²) in [5.41, 5.74) is 6.32. The van der Waals surface area contributed by atoms with Crippen LogP contribution in [-0.2, 0) is 4.79 Å². The van der Waals surface area contributed by atoms with Crippen molar-refractivity contribution in [2.75, 3.05) is 20.6 Å². The van der Waals surface area contributed by atoms with Crippen molar-refractivity contribution in [1.82, 2.24) is 10.2 Å². The van der Waals surface area contributed by atoms with Crippen LogP contribution < -0.4 is 11.1 Å². The van der Waals surface area contributed by atoms with E-state index in [0.29, 0.717) is 11.8 Å². The molecule has 0 radical (unpaired) electrons. The maximum absolute atomic E-state index is 12.6.